The molecule has 24 heavy (non-hydrogen) atoms. The molecule has 2 heterocycles. The molecular weight excluding hydrogens is 321 g/mol. The molecule has 4 rings (SSSR count). The van der Waals surface area contributed by atoms with Crippen LogP contribution in [0.15, 0.2) is 48.5 Å². The quantitative estimate of drug-likeness (QED) is 0.826. The Labute approximate surface area is 136 Å². The van der Waals surface area contributed by atoms with Gasteiger partial charge in [0.05, 0.1) is 24.5 Å². The molecule has 0 amide bonds. The molecule has 0 aliphatic carbocycles. The fourth-order valence-electron chi connectivity index (χ4n) is 3.45. The third-order valence-corrected chi connectivity index (χ3v) is 4.61. The number of aliphatic hydroxyl groups is 1. The molecule has 1 fully saturated rings. The van der Waals surface area contributed by atoms with Crippen molar-refractivity contribution in [1.29, 1.82) is 0 Å². The number of ether oxygens (including phenoxy) is 1. The molecule has 0 bridgehead atoms. The van der Waals surface area contributed by atoms with Gasteiger partial charge in [-0.05, 0) is 29.8 Å². The molecule has 3 atom stereocenters. The van der Waals surface area contributed by atoms with Crippen LogP contribution in [0.4, 0.5) is 24.5 Å². The van der Waals surface area contributed by atoms with E-state index in [2.05, 4.69) is 5.32 Å². The summed E-state index contributed by atoms with van der Waals surface area (Å²) in [4.78, 5) is 1.59. The Bertz CT molecular complexity index is 795. The van der Waals surface area contributed by atoms with Gasteiger partial charge < -0.3 is 20.1 Å². The second kappa shape index (κ2) is 4.80. The van der Waals surface area contributed by atoms with E-state index in [1.807, 2.05) is 0 Å². The predicted molar refractivity (Wildman–Crippen MR) is 83.1 cm³/mol. The second-order valence-electron chi connectivity index (χ2n) is 5.98. The highest BCUT2D eigenvalue weighted by atomic mass is 19.4. The number of hydrogen-bond acceptors (Lipinski definition) is 4. The van der Waals surface area contributed by atoms with Crippen molar-refractivity contribution in [2.75, 3.05) is 17.3 Å². The fourth-order valence-corrected chi connectivity index (χ4v) is 3.45. The zero-order valence-electron chi connectivity index (χ0n) is 12.7. The van der Waals surface area contributed by atoms with Crippen LogP contribution in [0.5, 0.6) is 5.75 Å². The lowest BCUT2D eigenvalue weighted by atomic mass is 10.0. The van der Waals surface area contributed by atoms with Gasteiger partial charge in [0.25, 0.3) is 5.72 Å². The average molecular weight is 336 g/mol. The Kier molecular flexibility index (Phi) is 3.02. The van der Waals surface area contributed by atoms with E-state index in [-0.39, 0.29) is 5.69 Å². The molecule has 2 aromatic rings. The van der Waals surface area contributed by atoms with E-state index < -0.39 is 24.0 Å². The number of hydrogen-bond donors (Lipinski definition) is 2. The Morgan fingerprint density at radius 3 is 2.62 bits per heavy atom. The number of methoxy groups -OCH3 is 1. The van der Waals surface area contributed by atoms with Crippen molar-refractivity contribution in [3.63, 3.8) is 0 Å². The highest BCUT2D eigenvalue weighted by Crippen LogP contribution is 2.60. The number of halogens is 3. The smallest absolute Gasteiger partial charge is 0.438 e. The van der Waals surface area contributed by atoms with Crippen LogP contribution in [0.3, 0.4) is 0 Å². The van der Waals surface area contributed by atoms with Crippen LogP contribution in [0.1, 0.15) is 11.6 Å². The van der Waals surface area contributed by atoms with E-state index in [1.54, 1.807) is 47.4 Å². The predicted octanol–water partition coefficient (Wildman–Crippen LogP) is 3.30. The SMILES string of the molecule is COc1cccc([C@@H]2[C@@H]3N2c2ccccc2N[C@@]3(O)C(F)(F)F)c1. The average Bonchev–Trinajstić information content (AvgIpc) is 3.31. The summed E-state index contributed by atoms with van der Waals surface area (Å²) in [6, 6.07) is 11.9. The van der Waals surface area contributed by atoms with Gasteiger partial charge in [0, 0.05) is 0 Å². The van der Waals surface area contributed by atoms with Gasteiger partial charge in [-0.3, -0.25) is 0 Å². The third-order valence-electron chi connectivity index (χ3n) is 4.61. The van der Waals surface area contributed by atoms with Gasteiger partial charge in [-0.25, -0.2) is 0 Å². The van der Waals surface area contributed by atoms with Crippen molar-refractivity contribution < 1.29 is 23.0 Å². The van der Waals surface area contributed by atoms with Gasteiger partial charge in [0.2, 0.25) is 0 Å². The lowest BCUT2D eigenvalue weighted by molar-refractivity contribution is -0.248. The summed E-state index contributed by atoms with van der Waals surface area (Å²) in [5.41, 5.74) is -1.43. The summed E-state index contributed by atoms with van der Waals surface area (Å²) < 4.78 is 45.9. The lowest BCUT2D eigenvalue weighted by Crippen LogP contribution is -2.59. The number of alkyl halides is 3. The first-order valence-corrected chi connectivity index (χ1v) is 7.45. The number of fused-ring (bicyclic) bond motifs is 3. The van der Waals surface area contributed by atoms with Crippen molar-refractivity contribution in [3.8, 4) is 5.75 Å². The van der Waals surface area contributed by atoms with Crippen molar-refractivity contribution in [2.24, 2.45) is 0 Å². The fraction of sp³-hybridized carbons (Fsp3) is 0.294. The maximum atomic E-state index is 13.6. The van der Waals surface area contributed by atoms with Crippen molar-refractivity contribution in [1.82, 2.24) is 0 Å². The largest absolute Gasteiger partial charge is 0.497 e. The maximum Gasteiger partial charge on any atom is 0.438 e. The minimum Gasteiger partial charge on any atom is -0.497 e. The van der Waals surface area contributed by atoms with Crippen molar-refractivity contribution in [3.05, 3.63) is 54.1 Å². The van der Waals surface area contributed by atoms with Gasteiger partial charge in [-0.1, -0.05) is 24.3 Å². The molecule has 2 aromatic carbocycles. The number of para-hydroxylation sites is 2. The summed E-state index contributed by atoms with van der Waals surface area (Å²) in [5.74, 6) is 0.564. The van der Waals surface area contributed by atoms with Crippen LogP contribution in [0.2, 0.25) is 0 Å². The zero-order chi connectivity index (χ0) is 17.1. The van der Waals surface area contributed by atoms with Crippen LogP contribution in [0, 0.1) is 0 Å². The molecule has 0 unspecified atom stereocenters. The van der Waals surface area contributed by atoms with E-state index in [9.17, 15) is 18.3 Å². The van der Waals surface area contributed by atoms with Gasteiger partial charge in [0.1, 0.15) is 11.8 Å². The summed E-state index contributed by atoms with van der Waals surface area (Å²) in [6.45, 7) is 0. The molecule has 2 aliphatic heterocycles. The number of rotatable bonds is 2. The molecule has 126 valence electrons. The first-order chi connectivity index (χ1) is 11.4. The van der Waals surface area contributed by atoms with E-state index in [0.29, 0.717) is 17.0 Å². The molecule has 2 N–H and O–H groups in total. The Balaban J connectivity index is 1.82. The number of nitrogens with one attached hydrogen (secondary N) is 1. The number of nitrogens with zero attached hydrogens (tertiary/aromatic N) is 1. The molecule has 0 spiro atoms. The third kappa shape index (κ3) is 1.97. The highest BCUT2D eigenvalue weighted by molar-refractivity contribution is 5.80. The van der Waals surface area contributed by atoms with Crippen LogP contribution in [-0.4, -0.2) is 30.2 Å². The second-order valence-corrected chi connectivity index (χ2v) is 5.98. The summed E-state index contributed by atoms with van der Waals surface area (Å²) >= 11 is 0. The van der Waals surface area contributed by atoms with Crippen LogP contribution >= 0.6 is 0 Å². The molecule has 4 nitrogen and oxygen atoms in total. The van der Waals surface area contributed by atoms with E-state index in [0.717, 1.165) is 0 Å². The first-order valence-electron chi connectivity index (χ1n) is 7.45. The van der Waals surface area contributed by atoms with E-state index in [4.69, 9.17) is 4.74 Å². The minimum absolute atomic E-state index is 0.263. The summed E-state index contributed by atoms with van der Waals surface area (Å²) in [7, 11) is 1.50. The molecule has 7 heteroatoms. The first kappa shape index (κ1) is 15.1. The van der Waals surface area contributed by atoms with Gasteiger partial charge in [-0.2, -0.15) is 13.2 Å². The summed E-state index contributed by atoms with van der Waals surface area (Å²) in [5, 5.41) is 12.7. The minimum atomic E-state index is -4.81. The zero-order valence-corrected chi connectivity index (χ0v) is 12.7. The molecular formula is C17H15F3N2O2. The normalized spacial score (nSPS) is 27.8. The molecule has 2 aliphatic rings. The van der Waals surface area contributed by atoms with Crippen LogP contribution in [-0.2, 0) is 0 Å². The lowest BCUT2D eigenvalue weighted by Gasteiger charge is -2.36. The van der Waals surface area contributed by atoms with Gasteiger partial charge in [0.15, 0.2) is 0 Å². The topological polar surface area (TPSA) is 44.5 Å². The van der Waals surface area contributed by atoms with E-state index >= 15 is 0 Å². The Morgan fingerprint density at radius 1 is 1.17 bits per heavy atom. The van der Waals surface area contributed by atoms with Crippen molar-refractivity contribution >= 4 is 11.4 Å². The molecule has 0 radical (unpaired) electrons. The highest BCUT2D eigenvalue weighted by Gasteiger charge is 2.73. The molecule has 0 aromatic heterocycles. The Hall–Kier alpha value is -2.41. The van der Waals surface area contributed by atoms with Crippen LogP contribution < -0.4 is 15.0 Å². The standard InChI is InChI=1S/C17H15F3N2O2/c1-24-11-6-4-5-10(9-11)14-15-16(23,17(18,19)20)21-12-7-2-3-8-13(12)22(14)15/h2-9,14-15,21,23H,1H3/t14-,15+,16+,22?/m1/s1. The van der Waals surface area contributed by atoms with Crippen molar-refractivity contribution in [2.45, 2.75) is 24.0 Å². The van der Waals surface area contributed by atoms with E-state index in [1.165, 1.54) is 13.2 Å². The maximum absolute atomic E-state index is 13.6. The van der Waals surface area contributed by atoms with Crippen LogP contribution in [0.25, 0.3) is 0 Å². The molecule has 0 saturated carbocycles. The molecule has 1 saturated heterocycles. The van der Waals surface area contributed by atoms with Gasteiger partial charge >= 0.3 is 6.18 Å². The Morgan fingerprint density at radius 2 is 1.92 bits per heavy atom. The number of anilines is 2. The van der Waals surface area contributed by atoms with Gasteiger partial charge in [-0.15, -0.1) is 0 Å². The monoisotopic (exact) mass is 336 g/mol. The summed E-state index contributed by atoms with van der Waals surface area (Å²) in [6.07, 6.45) is -4.81. The number of benzene rings is 2.